The van der Waals surface area contributed by atoms with E-state index in [0.29, 0.717) is 18.8 Å². The van der Waals surface area contributed by atoms with Crippen LogP contribution in [0.4, 0.5) is 19.7 Å². The zero-order chi connectivity index (χ0) is 27.5. The number of epoxide rings is 1. The van der Waals surface area contributed by atoms with Crippen molar-refractivity contribution in [3.8, 4) is 5.69 Å². The number of rotatable bonds is 10. The summed E-state index contributed by atoms with van der Waals surface area (Å²) in [6.07, 6.45) is 1.24. The van der Waals surface area contributed by atoms with Gasteiger partial charge in [-0.15, -0.1) is 5.10 Å². The quantitative estimate of drug-likeness (QED) is 0.250. The van der Waals surface area contributed by atoms with Crippen molar-refractivity contribution in [2.45, 2.75) is 32.0 Å². The molecule has 2 aromatic heterocycles. The Morgan fingerprint density at radius 2 is 2.18 bits per heavy atom. The van der Waals surface area contributed by atoms with Crippen LogP contribution in [0.3, 0.4) is 0 Å². The molecule has 3 aromatic rings. The topological polar surface area (TPSA) is 187 Å². The van der Waals surface area contributed by atoms with Crippen LogP contribution in [0.2, 0.25) is 0 Å². The van der Waals surface area contributed by atoms with Gasteiger partial charge in [0.05, 0.1) is 31.5 Å². The maximum Gasteiger partial charge on any atom is 0.418 e. The number of halogens is 1. The van der Waals surface area contributed by atoms with Gasteiger partial charge in [0.25, 0.3) is 0 Å². The van der Waals surface area contributed by atoms with Gasteiger partial charge in [0.2, 0.25) is 5.91 Å². The van der Waals surface area contributed by atoms with E-state index >= 15 is 4.39 Å². The van der Waals surface area contributed by atoms with Crippen LogP contribution in [0.15, 0.2) is 37.1 Å². The van der Waals surface area contributed by atoms with Crippen LogP contribution in [0, 0.1) is 5.82 Å². The number of benzene rings is 1. The highest BCUT2D eigenvalue weighted by Crippen LogP contribution is 2.26. The highest BCUT2D eigenvalue weighted by atomic mass is 19.1. The van der Waals surface area contributed by atoms with E-state index in [4.69, 9.17) is 18.9 Å². The number of ether oxygens (including phenoxy) is 4. The third-order valence-electron chi connectivity index (χ3n) is 5.92. The fourth-order valence-corrected chi connectivity index (χ4v) is 3.89. The zero-order valence-electron chi connectivity index (χ0n) is 20.8. The van der Waals surface area contributed by atoms with E-state index in [1.807, 2.05) is 0 Å². The van der Waals surface area contributed by atoms with Gasteiger partial charge in [0, 0.05) is 6.92 Å². The molecular weight excluding hydrogens is 521 g/mol. The predicted octanol–water partition coefficient (Wildman–Crippen LogP) is -0.703. The molecule has 2 aliphatic heterocycles. The average Bonchev–Trinajstić information content (AvgIpc) is 3.25. The first-order valence-corrected chi connectivity index (χ1v) is 11.8. The molecule has 17 heteroatoms. The molecule has 2 unspecified atom stereocenters. The molecule has 1 aromatic carbocycles. The standard InChI is InChI=1S/C22H24FN9O7/c1-13(33)30(21(34)37-12-36-20-19(5-24)39-20)8-16-9-31(22(35)38-16)15-2-3-18(17(23)4-15)32-7-14(27-28-32)6-29-11-25-10-26-29/h2-4,7,10-11,16,19-20H,5-6,8-9,12,24H2,1H3/p+1/t16-,19?,20?/m0/s1. The Morgan fingerprint density at radius 1 is 1.33 bits per heavy atom. The third-order valence-corrected chi connectivity index (χ3v) is 5.92. The van der Waals surface area contributed by atoms with E-state index < -0.39 is 43.1 Å². The van der Waals surface area contributed by atoms with Crippen LogP contribution >= 0.6 is 0 Å². The first-order chi connectivity index (χ1) is 18.8. The average molecular weight is 546 g/mol. The molecule has 2 saturated heterocycles. The molecule has 39 heavy (non-hydrogen) atoms. The summed E-state index contributed by atoms with van der Waals surface area (Å²) in [7, 11) is 0. The van der Waals surface area contributed by atoms with E-state index in [9.17, 15) is 14.4 Å². The monoisotopic (exact) mass is 546 g/mol. The van der Waals surface area contributed by atoms with Crippen LogP contribution in [-0.2, 0) is 30.3 Å². The lowest BCUT2D eigenvalue weighted by molar-refractivity contribution is -0.371. The van der Waals surface area contributed by atoms with E-state index in [0.717, 1.165) is 11.0 Å². The van der Waals surface area contributed by atoms with Crippen LogP contribution in [-0.4, -0.2) is 97.7 Å². The Kier molecular flexibility index (Phi) is 7.44. The number of amides is 3. The lowest BCUT2D eigenvalue weighted by atomic mass is 10.2. The molecule has 4 heterocycles. The summed E-state index contributed by atoms with van der Waals surface area (Å²) >= 11 is 0. The third kappa shape index (κ3) is 6.00. The van der Waals surface area contributed by atoms with Crippen LogP contribution in [0.25, 0.3) is 5.69 Å². The Labute approximate surface area is 219 Å². The molecule has 0 aliphatic carbocycles. The smallest absolute Gasteiger partial charge is 0.418 e. The number of carbonyl (C=O) groups is 3. The summed E-state index contributed by atoms with van der Waals surface area (Å²) in [4.78, 5) is 42.8. The fourth-order valence-electron chi connectivity index (χ4n) is 3.89. The number of anilines is 1. The van der Waals surface area contributed by atoms with Gasteiger partial charge in [-0.3, -0.25) is 9.69 Å². The number of aromatic nitrogens is 6. The molecule has 0 radical (unpaired) electrons. The molecule has 3 N–H and O–H groups in total. The second-order valence-corrected chi connectivity index (χ2v) is 8.66. The van der Waals surface area contributed by atoms with Crippen molar-refractivity contribution in [2.24, 2.45) is 0 Å². The number of carbonyl (C=O) groups excluding carboxylic acids is 3. The van der Waals surface area contributed by atoms with Gasteiger partial charge in [0.1, 0.15) is 36.7 Å². The molecule has 3 atom stereocenters. The van der Waals surface area contributed by atoms with Crippen molar-refractivity contribution in [1.29, 1.82) is 0 Å². The fraction of sp³-hybridized carbons (Fsp3) is 0.409. The number of cyclic esters (lactones) is 1. The number of hydrogen-bond donors (Lipinski definition) is 1. The Balaban J connectivity index is 1.18. The molecule has 5 rings (SSSR count). The Bertz CT molecular complexity index is 1350. The molecular formula is C22H25FN9O7+. The Hall–Kier alpha value is -4.48. The van der Waals surface area contributed by atoms with Crippen molar-refractivity contribution >= 4 is 23.8 Å². The molecule has 0 spiro atoms. The minimum Gasteiger partial charge on any atom is -0.442 e. The molecule has 16 nitrogen and oxygen atoms in total. The largest absolute Gasteiger partial charge is 0.442 e. The second-order valence-electron chi connectivity index (χ2n) is 8.66. The molecule has 0 bridgehead atoms. The summed E-state index contributed by atoms with van der Waals surface area (Å²) in [6, 6.07) is 4.13. The predicted molar refractivity (Wildman–Crippen MR) is 124 cm³/mol. The first kappa shape index (κ1) is 26.1. The molecule has 0 saturated carbocycles. The van der Waals surface area contributed by atoms with E-state index in [1.54, 1.807) is 10.9 Å². The maximum atomic E-state index is 15.0. The van der Waals surface area contributed by atoms with E-state index in [-0.39, 0.29) is 30.6 Å². The lowest BCUT2D eigenvalue weighted by Crippen LogP contribution is -2.53. The molecule has 3 amide bonds. The van der Waals surface area contributed by atoms with Crippen LogP contribution in [0.5, 0.6) is 0 Å². The lowest BCUT2D eigenvalue weighted by Gasteiger charge is -2.21. The maximum absolute atomic E-state index is 15.0. The van der Waals surface area contributed by atoms with E-state index in [2.05, 4.69) is 26.1 Å². The van der Waals surface area contributed by atoms with Crippen LogP contribution in [0.1, 0.15) is 12.6 Å². The van der Waals surface area contributed by atoms with Crippen molar-refractivity contribution in [3.63, 3.8) is 0 Å². The summed E-state index contributed by atoms with van der Waals surface area (Å²) in [5.41, 5.74) is 4.56. The van der Waals surface area contributed by atoms with Gasteiger partial charge >= 0.3 is 12.2 Å². The summed E-state index contributed by atoms with van der Waals surface area (Å²) in [6.45, 7) is 1.30. The Morgan fingerprint density at radius 3 is 2.87 bits per heavy atom. The molecule has 2 aliphatic rings. The summed E-state index contributed by atoms with van der Waals surface area (Å²) < 4.78 is 38.5. The van der Waals surface area contributed by atoms with Gasteiger partial charge < -0.3 is 24.7 Å². The van der Waals surface area contributed by atoms with Gasteiger partial charge in [-0.25, -0.2) is 33.2 Å². The van der Waals surface area contributed by atoms with Crippen molar-refractivity contribution < 1.29 is 43.5 Å². The van der Waals surface area contributed by atoms with E-state index in [1.165, 1.54) is 41.3 Å². The van der Waals surface area contributed by atoms with Gasteiger partial charge in [-0.2, -0.15) is 5.10 Å². The van der Waals surface area contributed by atoms with Crippen LogP contribution < -0.4 is 10.6 Å². The first-order valence-electron chi connectivity index (χ1n) is 11.8. The van der Waals surface area contributed by atoms with Gasteiger partial charge in [-0.05, 0) is 18.2 Å². The SMILES string of the molecule is CC(=O)N(C[C@H]1CN(c2ccc(-n3cc(Cn4cncn4)nn3)c(F)c2)C(=O)O1)C(=O)OCOC1OC1C[NH3+]. The van der Waals surface area contributed by atoms with Crippen molar-refractivity contribution in [3.05, 3.63) is 48.6 Å². The number of nitrogens with zero attached hydrogens (tertiary/aromatic N) is 8. The summed E-state index contributed by atoms with van der Waals surface area (Å²) in [5.74, 6) is -1.27. The highest BCUT2D eigenvalue weighted by Gasteiger charge is 2.41. The van der Waals surface area contributed by atoms with Gasteiger partial charge in [-0.1, -0.05) is 5.21 Å². The zero-order valence-corrected chi connectivity index (χ0v) is 20.8. The number of quaternary nitrogens is 1. The van der Waals surface area contributed by atoms with Crippen molar-refractivity contribution in [2.75, 3.05) is 31.3 Å². The minimum atomic E-state index is -0.963. The summed E-state index contributed by atoms with van der Waals surface area (Å²) in [5, 5.41) is 12.0. The molecule has 2 fully saturated rings. The normalized spacial score (nSPS) is 20.1. The molecule has 206 valence electrons. The minimum absolute atomic E-state index is 0.0301. The number of hydrogen-bond acceptors (Lipinski definition) is 11. The number of imide groups is 1. The second kappa shape index (κ2) is 11.1. The van der Waals surface area contributed by atoms with Crippen molar-refractivity contribution in [1.82, 2.24) is 34.7 Å². The highest BCUT2D eigenvalue weighted by molar-refractivity contribution is 5.92. The van der Waals surface area contributed by atoms with Gasteiger partial charge in [0.15, 0.2) is 25.0 Å².